The van der Waals surface area contributed by atoms with Crippen LogP contribution in [0.3, 0.4) is 0 Å². The van der Waals surface area contributed by atoms with E-state index in [1.54, 1.807) is 10.9 Å². The fraction of sp³-hybridized carbons (Fsp3) is 0.478. The van der Waals surface area contributed by atoms with Gasteiger partial charge in [0.15, 0.2) is 0 Å². The molecule has 0 aliphatic heterocycles. The molecule has 158 valence electrons. The van der Waals surface area contributed by atoms with Crippen molar-refractivity contribution in [3.05, 3.63) is 53.2 Å². The van der Waals surface area contributed by atoms with Crippen LogP contribution in [0.5, 0.6) is 0 Å². The zero-order valence-corrected chi connectivity index (χ0v) is 18.6. The van der Waals surface area contributed by atoms with Gasteiger partial charge in [0.25, 0.3) is 0 Å². The lowest BCUT2D eigenvalue weighted by Gasteiger charge is -2.27. The summed E-state index contributed by atoms with van der Waals surface area (Å²) in [6.45, 7) is 13.6. The Hall–Kier alpha value is -2.80. The number of aliphatic hydroxyl groups is 1. The molecule has 0 unspecified atom stereocenters. The molecule has 0 aliphatic carbocycles. The molecule has 0 aliphatic rings. The maximum atomic E-state index is 9.29. The molecule has 4 aromatic heterocycles. The highest BCUT2D eigenvalue weighted by Gasteiger charge is 2.28. The van der Waals surface area contributed by atoms with Gasteiger partial charge >= 0.3 is 0 Å². The summed E-state index contributed by atoms with van der Waals surface area (Å²) in [6, 6.07) is 2.29. The van der Waals surface area contributed by atoms with E-state index in [1.807, 2.05) is 13.1 Å². The molecule has 0 radical (unpaired) electrons. The lowest BCUT2D eigenvalue weighted by molar-refractivity contribution is 0.270. The summed E-state index contributed by atoms with van der Waals surface area (Å²) in [7, 11) is 0. The van der Waals surface area contributed by atoms with E-state index in [0.717, 1.165) is 34.4 Å². The monoisotopic (exact) mass is 406 g/mol. The van der Waals surface area contributed by atoms with Crippen LogP contribution in [0.15, 0.2) is 30.9 Å². The molecule has 0 atom stereocenters. The van der Waals surface area contributed by atoms with Crippen LogP contribution in [0.2, 0.25) is 0 Å². The van der Waals surface area contributed by atoms with E-state index >= 15 is 0 Å². The van der Waals surface area contributed by atoms with Crippen LogP contribution in [0.4, 0.5) is 0 Å². The SMILES string of the molecule is Cc1cn2cc(CC(C)(C)c3cncc4c3nnn4CCO)cc(C(C)(C)C)c2n1. The standard InChI is InChI=1S/C23H30N6O/c1-15-13-28-14-16(9-17(21(28)25-15)22(2,3)4)10-23(5,6)18-11-24-12-19-20(18)26-27-29(19)7-8-30/h9,11-14,30H,7-8,10H2,1-6H3. The Balaban J connectivity index is 1.79. The number of aryl methyl sites for hydroxylation is 1. The third-order valence-electron chi connectivity index (χ3n) is 5.65. The Kier molecular flexibility index (Phi) is 4.89. The van der Waals surface area contributed by atoms with Crippen molar-refractivity contribution in [2.45, 2.75) is 65.3 Å². The number of aliphatic hydroxyl groups excluding tert-OH is 1. The first-order valence-electron chi connectivity index (χ1n) is 10.4. The summed E-state index contributed by atoms with van der Waals surface area (Å²) in [5, 5.41) is 17.9. The van der Waals surface area contributed by atoms with E-state index in [1.165, 1.54) is 11.1 Å². The molecule has 0 spiro atoms. The van der Waals surface area contributed by atoms with Crippen molar-refractivity contribution in [3.8, 4) is 0 Å². The van der Waals surface area contributed by atoms with Crippen LogP contribution < -0.4 is 0 Å². The summed E-state index contributed by atoms with van der Waals surface area (Å²) >= 11 is 0. The predicted molar refractivity (Wildman–Crippen MR) is 118 cm³/mol. The quantitative estimate of drug-likeness (QED) is 0.548. The van der Waals surface area contributed by atoms with Gasteiger partial charge in [-0.1, -0.05) is 45.9 Å². The van der Waals surface area contributed by atoms with Gasteiger partial charge in [0.1, 0.15) is 16.7 Å². The summed E-state index contributed by atoms with van der Waals surface area (Å²) in [4.78, 5) is 9.20. The molecule has 4 aromatic rings. The van der Waals surface area contributed by atoms with Crippen LogP contribution >= 0.6 is 0 Å². The molecule has 4 rings (SSSR count). The first-order valence-corrected chi connectivity index (χ1v) is 10.4. The van der Waals surface area contributed by atoms with E-state index in [4.69, 9.17) is 4.98 Å². The molecular weight excluding hydrogens is 376 g/mol. The average molecular weight is 407 g/mol. The summed E-state index contributed by atoms with van der Waals surface area (Å²) < 4.78 is 3.86. The highest BCUT2D eigenvalue weighted by atomic mass is 16.3. The van der Waals surface area contributed by atoms with Crippen molar-refractivity contribution >= 4 is 16.7 Å². The molecule has 7 nitrogen and oxygen atoms in total. The Morgan fingerprint density at radius 1 is 1.03 bits per heavy atom. The fourth-order valence-corrected chi connectivity index (χ4v) is 4.17. The van der Waals surface area contributed by atoms with Gasteiger partial charge in [0.2, 0.25) is 0 Å². The second-order valence-electron chi connectivity index (χ2n) is 9.78. The van der Waals surface area contributed by atoms with Gasteiger partial charge in [-0.15, -0.1) is 5.10 Å². The van der Waals surface area contributed by atoms with Gasteiger partial charge in [-0.05, 0) is 29.7 Å². The van der Waals surface area contributed by atoms with Crippen LogP contribution in [-0.4, -0.2) is 41.1 Å². The Labute approximate surface area is 176 Å². The number of hydrogen-bond acceptors (Lipinski definition) is 5. The van der Waals surface area contributed by atoms with Gasteiger partial charge in [-0.25, -0.2) is 9.67 Å². The zero-order chi connectivity index (χ0) is 21.7. The van der Waals surface area contributed by atoms with Crippen LogP contribution in [0.1, 0.15) is 57.0 Å². The lowest BCUT2D eigenvalue weighted by Crippen LogP contribution is -2.22. The maximum absolute atomic E-state index is 9.29. The van der Waals surface area contributed by atoms with Crippen LogP contribution in [0, 0.1) is 6.92 Å². The first-order chi connectivity index (χ1) is 14.1. The number of nitrogens with zero attached hydrogens (tertiary/aromatic N) is 6. The number of aromatic nitrogens is 6. The van der Waals surface area contributed by atoms with Gasteiger partial charge < -0.3 is 9.51 Å². The van der Waals surface area contributed by atoms with Crippen molar-refractivity contribution in [1.29, 1.82) is 0 Å². The topological polar surface area (TPSA) is 81.1 Å². The molecule has 4 heterocycles. The molecule has 7 heteroatoms. The second kappa shape index (κ2) is 7.16. The Morgan fingerprint density at radius 3 is 2.50 bits per heavy atom. The number of hydrogen-bond donors (Lipinski definition) is 1. The summed E-state index contributed by atoms with van der Waals surface area (Å²) in [6.07, 6.45) is 8.76. The molecular formula is C23H30N6O. The average Bonchev–Trinajstić information content (AvgIpc) is 3.22. The number of fused-ring (bicyclic) bond motifs is 2. The van der Waals surface area contributed by atoms with Crippen LogP contribution in [-0.2, 0) is 23.8 Å². The minimum Gasteiger partial charge on any atom is -0.394 e. The highest BCUT2D eigenvalue weighted by molar-refractivity contribution is 5.78. The molecule has 0 fully saturated rings. The largest absolute Gasteiger partial charge is 0.394 e. The zero-order valence-electron chi connectivity index (χ0n) is 18.6. The van der Waals surface area contributed by atoms with E-state index in [2.05, 4.69) is 72.8 Å². The normalized spacial score (nSPS) is 12.9. The number of pyridine rings is 2. The smallest absolute Gasteiger partial charge is 0.140 e. The van der Waals surface area contributed by atoms with E-state index in [-0.39, 0.29) is 17.4 Å². The van der Waals surface area contributed by atoms with Crippen molar-refractivity contribution in [3.63, 3.8) is 0 Å². The molecule has 0 saturated carbocycles. The third-order valence-corrected chi connectivity index (χ3v) is 5.65. The van der Waals surface area contributed by atoms with Crippen molar-refractivity contribution in [2.75, 3.05) is 6.61 Å². The van der Waals surface area contributed by atoms with E-state index < -0.39 is 0 Å². The van der Waals surface area contributed by atoms with Crippen molar-refractivity contribution in [2.24, 2.45) is 0 Å². The first kappa shape index (κ1) is 20.5. The highest BCUT2D eigenvalue weighted by Crippen LogP contribution is 2.34. The van der Waals surface area contributed by atoms with E-state index in [0.29, 0.717) is 6.54 Å². The van der Waals surface area contributed by atoms with Gasteiger partial charge in [-0.2, -0.15) is 0 Å². The Bertz CT molecular complexity index is 1210. The molecule has 0 saturated heterocycles. The van der Waals surface area contributed by atoms with Crippen molar-refractivity contribution < 1.29 is 5.11 Å². The fourth-order valence-electron chi connectivity index (χ4n) is 4.17. The van der Waals surface area contributed by atoms with Crippen molar-refractivity contribution in [1.82, 2.24) is 29.4 Å². The minimum absolute atomic E-state index is 0.00620. The van der Waals surface area contributed by atoms with Gasteiger partial charge in [-0.3, -0.25) is 4.98 Å². The minimum atomic E-state index is -0.203. The molecule has 30 heavy (non-hydrogen) atoms. The van der Waals surface area contributed by atoms with Crippen LogP contribution in [0.25, 0.3) is 16.7 Å². The Morgan fingerprint density at radius 2 is 1.80 bits per heavy atom. The maximum Gasteiger partial charge on any atom is 0.140 e. The number of rotatable bonds is 5. The molecule has 0 aromatic carbocycles. The third kappa shape index (κ3) is 3.58. The summed E-state index contributed by atoms with van der Waals surface area (Å²) in [5.41, 5.74) is 7.08. The molecule has 1 N–H and O–H groups in total. The molecule has 0 bridgehead atoms. The second-order valence-corrected chi connectivity index (χ2v) is 9.78. The lowest BCUT2D eigenvalue weighted by atomic mass is 9.78. The predicted octanol–water partition coefficient (Wildman–Crippen LogP) is 3.59. The van der Waals surface area contributed by atoms with Gasteiger partial charge in [0.05, 0.1) is 25.0 Å². The summed E-state index contributed by atoms with van der Waals surface area (Å²) in [5.74, 6) is 0. The van der Waals surface area contributed by atoms with Gasteiger partial charge in [0, 0.05) is 29.7 Å². The van der Waals surface area contributed by atoms with E-state index in [9.17, 15) is 5.11 Å². The molecule has 0 amide bonds. The number of imidazole rings is 1.